The van der Waals surface area contributed by atoms with E-state index < -0.39 is 15.8 Å². The maximum Gasteiger partial charge on any atom is 0.347 e. The van der Waals surface area contributed by atoms with Crippen LogP contribution in [-0.4, -0.2) is 42.5 Å². The summed E-state index contributed by atoms with van der Waals surface area (Å²) in [7, 11) is -0.578. The standard InChI is InChI=1S/C14H16FN5O3S/c1-9(19-23-14-17-8-12(15)13(16)18-14)10-4-6-11(7-5-10)24(21,22)20(2)3/h4-8H,1-3H3,(H2,16,17,18). The van der Waals surface area contributed by atoms with Crippen molar-refractivity contribution < 1.29 is 17.6 Å². The lowest BCUT2D eigenvalue weighted by molar-refractivity contribution is 0.311. The Labute approximate surface area is 138 Å². The first-order valence-corrected chi connectivity index (χ1v) is 8.18. The van der Waals surface area contributed by atoms with Crippen LogP contribution in [0.15, 0.2) is 40.5 Å². The summed E-state index contributed by atoms with van der Waals surface area (Å²) in [5.41, 5.74) is 6.40. The molecule has 2 rings (SSSR count). The van der Waals surface area contributed by atoms with E-state index >= 15 is 0 Å². The van der Waals surface area contributed by atoms with E-state index in [4.69, 9.17) is 10.6 Å². The van der Waals surface area contributed by atoms with Gasteiger partial charge in [-0.15, -0.1) is 0 Å². The van der Waals surface area contributed by atoms with Gasteiger partial charge in [0.05, 0.1) is 16.8 Å². The Morgan fingerprint density at radius 1 is 1.29 bits per heavy atom. The predicted molar refractivity (Wildman–Crippen MR) is 86.6 cm³/mol. The topological polar surface area (TPSA) is 111 Å². The van der Waals surface area contributed by atoms with Crippen LogP contribution >= 0.6 is 0 Å². The van der Waals surface area contributed by atoms with Crippen LogP contribution in [0.4, 0.5) is 10.2 Å². The average Bonchev–Trinajstić information content (AvgIpc) is 2.55. The van der Waals surface area contributed by atoms with Crippen LogP contribution in [-0.2, 0) is 10.0 Å². The van der Waals surface area contributed by atoms with Crippen LogP contribution in [0.3, 0.4) is 0 Å². The molecular formula is C14H16FN5O3S. The van der Waals surface area contributed by atoms with Gasteiger partial charge in [0.2, 0.25) is 10.0 Å². The van der Waals surface area contributed by atoms with Gasteiger partial charge in [-0.3, -0.25) is 0 Å². The molecule has 0 spiro atoms. The minimum atomic E-state index is -3.49. The van der Waals surface area contributed by atoms with Gasteiger partial charge in [-0.25, -0.2) is 17.1 Å². The molecule has 0 aliphatic heterocycles. The van der Waals surface area contributed by atoms with Crippen molar-refractivity contribution in [3.05, 3.63) is 41.8 Å². The quantitative estimate of drug-likeness (QED) is 0.640. The zero-order valence-electron chi connectivity index (χ0n) is 13.3. The molecule has 0 bridgehead atoms. The summed E-state index contributed by atoms with van der Waals surface area (Å²) in [6.07, 6.45) is 0.878. The van der Waals surface area contributed by atoms with Crippen molar-refractivity contribution >= 4 is 21.6 Å². The molecule has 1 aromatic carbocycles. The normalized spacial score (nSPS) is 12.5. The monoisotopic (exact) mass is 353 g/mol. The third-order valence-electron chi connectivity index (χ3n) is 3.06. The molecule has 1 heterocycles. The lowest BCUT2D eigenvalue weighted by Crippen LogP contribution is -2.22. The summed E-state index contributed by atoms with van der Waals surface area (Å²) < 4.78 is 38.1. The van der Waals surface area contributed by atoms with Crippen LogP contribution in [0.5, 0.6) is 6.01 Å². The predicted octanol–water partition coefficient (Wildman–Crippen LogP) is 1.25. The Kier molecular flexibility index (Phi) is 5.10. The zero-order valence-corrected chi connectivity index (χ0v) is 14.1. The molecule has 0 saturated carbocycles. The minimum absolute atomic E-state index is 0.166. The van der Waals surface area contributed by atoms with Crippen LogP contribution in [0.25, 0.3) is 0 Å². The second-order valence-corrected chi connectivity index (χ2v) is 7.12. The molecule has 24 heavy (non-hydrogen) atoms. The fourth-order valence-corrected chi connectivity index (χ4v) is 2.55. The van der Waals surface area contributed by atoms with Crippen molar-refractivity contribution in [1.29, 1.82) is 0 Å². The Morgan fingerprint density at radius 2 is 1.92 bits per heavy atom. The highest BCUT2D eigenvalue weighted by molar-refractivity contribution is 7.89. The molecule has 1 aromatic heterocycles. The van der Waals surface area contributed by atoms with Gasteiger partial charge >= 0.3 is 6.01 Å². The number of oxime groups is 1. The van der Waals surface area contributed by atoms with Gasteiger partial charge in [-0.2, -0.15) is 9.97 Å². The number of anilines is 1. The summed E-state index contributed by atoms with van der Waals surface area (Å²) in [5.74, 6) is -1.09. The van der Waals surface area contributed by atoms with Crippen molar-refractivity contribution in [3.63, 3.8) is 0 Å². The molecule has 10 heteroatoms. The van der Waals surface area contributed by atoms with E-state index in [0.29, 0.717) is 11.3 Å². The molecule has 2 N–H and O–H groups in total. The number of sulfonamides is 1. The highest BCUT2D eigenvalue weighted by Crippen LogP contribution is 2.15. The van der Waals surface area contributed by atoms with Crippen LogP contribution in [0.2, 0.25) is 0 Å². The van der Waals surface area contributed by atoms with Gasteiger partial charge in [0.25, 0.3) is 0 Å². The lowest BCUT2D eigenvalue weighted by atomic mass is 10.1. The van der Waals surface area contributed by atoms with Gasteiger partial charge in [0.15, 0.2) is 11.6 Å². The van der Waals surface area contributed by atoms with E-state index in [0.717, 1.165) is 10.5 Å². The summed E-state index contributed by atoms with van der Waals surface area (Å²) in [5, 5.41) is 3.82. The van der Waals surface area contributed by atoms with Gasteiger partial charge in [0, 0.05) is 14.1 Å². The number of hydrogen-bond donors (Lipinski definition) is 1. The number of halogens is 1. The van der Waals surface area contributed by atoms with E-state index in [1.165, 1.54) is 26.2 Å². The van der Waals surface area contributed by atoms with E-state index in [9.17, 15) is 12.8 Å². The zero-order chi connectivity index (χ0) is 17.9. The first kappa shape index (κ1) is 17.8. The minimum Gasteiger partial charge on any atom is -0.381 e. The van der Waals surface area contributed by atoms with Gasteiger partial charge in [-0.05, 0) is 24.6 Å². The maximum atomic E-state index is 13.0. The number of nitrogens with two attached hydrogens (primary N) is 1. The molecular weight excluding hydrogens is 337 g/mol. The molecule has 128 valence electrons. The summed E-state index contributed by atoms with van der Waals surface area (Å²) in [6, 6.07) is 5.93. The lowest BCUT2D eigenvalue weighted by Gasteiger charge is -2.11. The highest BCUT2D eigenvalue weighted by Gasteiger charge is 2.16. The number of hydrogen-bond acceptors (Lipinski definition) is 7. The Hall–Kier alpha value is -2.59. The van der Waals surface area contributed by atoms with Gasteiger partial charge in [-0.1, -0.05) is 17.3 Å². The molecule has 0 aliphatic rings. The van der Waals surface area contributed by atoms with Crippen molar-refractivity contribution in [3.8, 4) is 6.01 Å². The third kappa shape index (κ3) is 3.84. The first-order chi connectivity index (χ1) is 11.2. The summed E-state index contributed by atoms with van der Waals surface area (Å²) in [4.78, 5) is 12.3. The third-order valence-corrected chi connectivity index (χ3v) is 4.89. The largest absolute Gasteiger partial charge is 0.381 e. The molecule has 2 aromatic rings. The van der Waals surface area contributed by atoms with E-state index in [1.807, 2.05) is 0 Å². The molecule has 8 nitrogen and oxygen atoms in total. The average molecular weight is 353 g/mol. The van der Waals surface area contributed by atoms with E-state index in [2.05, 4.69) is 15.1 Å². The van der Waals surface area contributed by atoms with Crippen molar-refractivity contribution in [2.45, 2.75) is 11.8 Å². The number of benzene rings is 1. The number of aromatic nitrogens is 2. The van der Waals surface area contributed by atoms with Crippen LogP contribution < -0.4 is 10.6 Å². The first-order valence-electron chi connectivity index (χ1n) is 6.74. The van der Waals surface area contributed by atoms with Gasteiger partial charge in [0.1, 0.15) is 0 Å². The maximum absolute atomic E-state index is 13.0. The fraction of sp³-hybridized carbons (Fsp3) is 0.214. The van der Waals surface area contributed by atoms with Crippen molar-refractivity contribution in [2.75, 3.05) is 19.8 Å². The fourth-order valence-electron chi connectivity index (χ4n) is 1.65. The van der Waals surface area contributed by atoms with Crippen LogP contribution in [0, 0.1) is 5.82 Å². The van der Waals surface area contributed by atoms with Gasteiger partial charge < -0.3 is 10.6 Å². The van der Waals surface area contributed by atoms with Crippen molar-refractivity contribution in [2.24, 2.45) is 5.16 Å². The molecule has 0 radical (unpaired) electrons. The number of nitrogen functional groups attached to an aromatic ring is 1. The Balaban J connectivity index is 2.17. The Bertz CT molecular complexity index is 866. The van der Waals surface area contributed by atoms with Crippen LogP contribution in [0.1, 0.15) is 12.5 Å². The Morgan fingerprint density at radius 3 is 2.46 bits per heavy atom. The second-order valence-electron chi connectivity index (χ2n) is 4.97. The number of nitrogens with zero attached hydrogens (tertiary/aromatic N) is 4. The second kappa shape index (κ2) is 6.89. The molecule has 0 fully saturated rings. The molecule has 0 unspecified atom stereocenters. The van der Waals surface area contributed by atoms with Crippen molar-refractivity contribution in [1.82, 2.24) is 14.3 Å². The molecule has 0 atom stereocenters. The van der Waals surface area contributed by atoms with E-state index in [-0.39, 0.29) is 16.7 Å². The molecule has 0 amide bonds. The summed E-state index contributed by atoms with van der Waals surface area (Å²) >= 11 is 0. The molecule has 0 saturated heterocycles. The summed E-state index contributed by atoms with van der Waals surface area (Å²) in [6.45, 7) is 1.66. The number of rotatable bonds is 5. The highest BCUT2D eigenvalue weighted by atomic mass is 32.2. The molecule has 0 aliphatic carbocycles. The smallest absolute Gasteiger partial charge is 0.347 e. The SMILES string of the molecule is CC(=NOc1ncc(F)c(N)n1)c1ccc(S(=O)(=O)N(C)C)cc1. The van der Waals surface area contributed by atoms with E-state index in [1.54, 1.807) is 19.1 Å².